The second kappa shape index (κ2) is 5.77. The van der Waals surface area contributed by atoms with E-state index in [2.05, 4.69) is 17.6 Å². The van der Waals surface area contributed by atoms with E-state index in [4.69, 9.17) is 4.74 Å². The summed E-state index contributed by atoms with van der Waals surface area (Å²) < 4.78 is 5.15. The second-order valence-electron chi connectivity index (χ2n) is 5.18. The van der Waals surface area contributed by atoms with Crippen LogP contribution in [0, 0.1) is 0 Å². The maximum Gasteiger partial charge on any atom is 0.407 e. The molecule has 0 saturated carbocycles. The number of carbonyl (C=O) groups is 1. The maximum absolute atomic E-state index is 11.4. The average Bonchev–Trinajstić information content (AvgIpc) is 2.05. The van der Waals surface area contributed by atoms with E-state index in [-0.39, 0.29) is 6.09 Å². The summed E-state index contributed by atoms with van der Waals surface area (Å²) in [6, 6.07) is 0.902. The lowest BCUT2D eigenvalue weighted by molar-refractivity contribution is 0.0523. The first kappa shape index (κ1) is 13.6. The Morgan fingerprint density at radius 3 is 2.56 bits per heavy atom. The van der Waals surface area contributed by atoms with Gasteiger partial charge in [-0.15, -0.1) is 0 Å². The fraction of sp³-hybridized carbons (Fsp3) is 0.909. The van der Waals surface area contributed by atoms with E-state index in [0.717, 1.165) is 0 Å². The van der Waals surface area contributed by atoms with Crippen molar-refractivity contribution in [2.45, 2.75) is 45.4 Å². The predicted molar refractivity (Wildman–Crippen MR) is 67.9 cm³/mol. The van der Waals surface area contributed by atoms with Crippen molar-refractivity contribution < 1.29 is 9.53 Å². The van der Waals surface area contributed by atoms with Gasteiger partial charge in [0.15, 0.2) is 0 Å². The largest absolute Gasteiger partial charge is 0.444 e. The van der Waals surface area contributed by atoms with Crippen molar-refractivity contribution in [2.24, 2.45) is 0 Å². The van der Waals surface area contributed by atoms with Gasteiger partial charge in [0.05, 0.1) is 0 Å². The van der Waals surface area contributed by atoms with Crippen LogP contribution in [0.5, 0.6) is 0 Å². The first-order valence-corrected chi connectivity index (χ1v) is 6.83. The van der Waals surface area contributed by atoms with Gasteiger partial charge in [0.1, 0.15) is 5.60 Å². The number of hydrogen-bond donors (Lipinski definition) is 2. The second-order valence-corrected chi connectivity index (χ2v) is 6.26. The molecule has 94 valence electrons. The van der Waals surface area contributed by atoms with Crippen LogP contribution in [0.3, 0.4) is 0 Å². The van der Waals surface area contributed by atoms with E-state index in [1.807, 2.05) is 32.5 Å². The number of thioether (sulfide) groups is 1. The fourth-order valence-electron chi connectivity index (χ4n) is 1.34. The van der Waals surface area contributed by atoms with Crippen LogP contribution in [0.15, 0.2) is 0 Å². The Hall–Kier alpha value is -0.420. The van der Waals surface area contributed by atoms with Crippen LogP contribution >= 0.6 is 11.8 Å². The summed E-state index contributed by atoms with van der Waals surface area (Å²) >= 11 is 1.94. The maximum atomic E-state index is 11.4. The molecular weight excluding hydrogens is 224 g/mol. The molecule has 0 unspecified atom stereocenters. The van der Waals surface area contributed by atoms with Crippen molar-refractivity contribution in [1.29, 1.82) is 0 Å². The smallest absolute Gasteiger partial charge is 0.407 e. The molecule has 0 spiro atoms. The topological polar surface area (TPSA) is 50.4 Å². The Morgan fingerprint density at radius 1 is 1.50 bits per heavy atom. The zero-order valence-electron chi connectivity index (χ0n) is 10.5. The monoisotopic (exact) mass is 246 g/mol. The van der Waals surface area contributed by atoms with Gasteiger partial charge in [-0.2, -0.15) is 11.8 Å². The number of amides is 1. The van der Waals surface area contributed by atoms with Crippen molar-refractivity contribution in [3.05, 3.63) is 0 Å². The molecule has 1 atom stereocenters. The minimum absolute atomic E-state index is 0.290. The van der Waals surface area contributed by atoms with Crippen LogP contribution in [0.4, 0.5) is 4.79 Å². The third kappa shape index (κ3) is 5.61. The van der Waals surface area contributed by atoms with Gasteiger partial charge >= 0.3 is 6.09 Å². The Bertz CT molecular complexity index is 237. The lowest BCUT2D eigenvalue weighted by atomic mass is 10.2. The molecule has 1 fully saturated rings. The molecule has 0 aliphatic carbocycles. The third-order valence-corrected chi connectivity index (χ3v) is 3.39. The summed E-state index contributed by atoms with van der Waals surface area (Å²) in [7, 11) is 0. The number of hydrogen-bond acceptors (Lipinski definition) is 4. The molecule has 1 heterocycles. The van der Waals surface area contributed by atoms with Crippen molar-refractivity contribution >= 4 is 17.9 Å². The van der Waals surface area contributed by atoms with Crippen LogP contribution < -0.4 is 10.6 Å². The third-order valence-electron chi connectivity index (χ3n) is 2.11. The molecular formula is C11H22N2O2S. The Morgan fingerprint density at radius 2 is 2.12 bits per heavy atom. The molecule has 16 heavy (non-hydrogen) atoms. The molecule has 1 aliphatic heterocycles. The summed E-state index contributed by atoms with van der Waals surface area (Å²) in [5.74, 6) is 2.35. The number of carbonyl (C=O) groups excluding carboxylic acids is 1. The van der Waals surface area contributed by atoms with Gasteiger partial charge in [0, 0.05) is 30.1 Å². The van der Waals surface area contributed by atoms with Gasteiger partial charge in [-0.25, -0.2) is 4.79 Å². The average molecular weight is 246 g/mol. The number of alkyl carbamates (subject to hydrolysis) is 1. The molecule has 4 nitrogen and oxygen atoms in total. The van der Waals surface area contributed by atoms with Gasteiger partial charge in [0.25, 0.3) is 0 Å². The first-order valence-electron chi connectivity index (χ1n) is 5.67. The normalized spacial score (nSPS) is 18.8. The summed E-state index contributed by atoms with van der Waals surface area (Å²) in [4.78, 5) is 11.4. The standard InChI is InChI=1S/C11H22N2O2S/c1-8(13-9-6-16-7-9)5-12-10(14)15-11(2,3)4/h8-9,13H,5-7H2,1-4H3,(H,12,14)/t8-/m1/s1. The molecule has 1 aliphatic rings. The molecule has 5 heteroatoms. The molecule has 1 amide bonds. The lowest BCUT2D eigenvalue weighted by Crippen LogP contribution is -2.49. The highest BCUT2D eigenvalue weighted by Crippen LogP contribution is 2.17. The van der Waals surface area contributed by atoms with Gasteiger partial charge in [0.2, 0.25) is 0 Å². The summed E-state index contributed by atoms with van der Waals surface area (Å²) in [5.41, 5.74) is -0.425. The lowest BCUT2D eigenvalue weighted by Gasteiger charge is -2.29. The molecule has 0 bridgehead atoms. The van der Waals surface area contributed by atoms with Crippen LogP contribution in [-0.4, -0.2) is 41.8 Å². The quantitative estimate of drug-likeness (QED) is 0.791. The molecule has 0 radical (unpaired) electrons. The predicted octanol–water partition coefficient (Wildman–Crippen LogP) is 1.60. The SMILES string of the molecule is C[C@H](CNC(=O)OC(C)(C)C)NC1CSC1. The van der Waals surface area contributed by atoms with E-state index in [0.29, 0.717) is 18.6 Å². The van der Waals surface area contributed by atoms with Crippen molar-refractivity contribution in [3.63, 3.8) is 0 Å². The van der Waals surface area contributed by atoms with Gasteiger partial charge in [-0.3, -0.25) is 0 Å². The Kier molecular flexibility index (Phi) is 4.92. The fourth-order valence-corrected chi connectivity index (χ4v) is 2.01. The summed E-state index contributed by atoms with van der Waals surface area (Å²) in [5, 5.41) is 6.21. The number of ether oxygens (including phenoxy) is 1. The summed E-state index contributed by atoms with van der Waals surface area (Å²) in [6.07, 6.45) is -0.343. The Balaban J connectivity index is 2.10. The van der Waals surface area contributed by atoms with Gasteiger partial charge in [-0.05, 0) is 27.7 Å². The first-order chi connectivity index (χ1) is 7.37. The summed E-state index contributed by atoms with van der Waals surface area (Å²) in [6.45, 7) is 8.26. The highest BCUT2D eigenvalue weighted by atomic mass is 32.2. The minimum Gasteiger partial charge on any atom is -0.444 e. The molecule has 1 rings (SSSR count). The minimum atomic E-state index is -0.425. The molecule has 2 N–H and O–H groups in total. The molecule has 1 saturated heterocycles. The number of nitrogens with one attached hydrogen (secondary N) is 2. The highest BCUT2D eigenvalue weighted by molar-refractivity contribution is 8.00. The van der Waals surface area contributed by atoms with Crippen LogP contribution in [0.25, 0.3) is 0 Å². The van der Waals surface area contributed by atoms with E-state index < -0.39 is 5.60 Å². The van der Waals surface area contributed by atoms with Crippen molar-refractivity contribution in [2.75, 3.05) is 18.1 Å². The van der Waals surface area contributed by atoms with Crippen molar-refractivity contribution in [3.8, 4) is 0 Å². The van der Waals surface area contributed by atoms with E-state index in [1.165, 1.54) is 11.5 Å². The zero-order valence-corrected chi connectivity index (χ0v) is 11.3. The highest BCUT2D eigenvalue weighted by Gasteiger charge is 2.20. The van der Waals surface area contributed by atoms with Crippen LogP contribution in [0.2, 0.25) is 0 Å². The van der Waals surface area contributed by atoms with E-state index in [1.54, 1.807) is 0 Å². The molecule has 0 aromatic rings. The van der Waals surface area contributed by atoms with Gasteiger partial charge in [-0.1, -0.05) is 0 Å². The zero-order chi connectivity index (χ0) is 12.2. The molecule has 0 aromatic carbocycles. The van der Waals surface area contributed by atoms with E-state index >= 15 is 0 Å². The molecule has 0 aromatic heterocycles. The Labute approximate surface area is 102 Å². The van der Waals surface area contributed by atoms with Gasteiger partial charge < -0.3 is 15.4 Å². The van der Waals surface area contributed by atoms with E-state index in [9.17, 15) is 4.79 Å². The van der Waals surface area contributed by atoms with Crippen LogP contribution in [0.1, 0.15) is 27.7 Å². The number of rotatable bonds is 4. The van der Waals surface area contributed by atoms with Crippen LogP contribution in [-0.2, 0) is 4.74 Å². The van der Waals surface area contributed by atoms with Crippen molar-refractivity contribution in [1.82, 2.24) is 10.6 Å².